The quantitative estimate of drug-likeness (QED) is 0.400. The number of non-ortho nitro benzene ring substituents is 1. The van der Waals surface area contributed by atoms with E-state index in [2.05, 4.69) is 31.4 Å². The van der Waals surface area contributed by atoms with E-state index >= 15 is 0 Å². The SMILES string of the molecule is O=C(NN=Cc1cc([N+](=O)[O-])cc(Br)c1O)c1ccc(CO)nc1. The predicted octanol–water partition coefficient (Wildman–Crippen LogP) is 1.71. The van der Waals surface area contributed by atoms with Crippen LogP contribution < -0.4 is 5.43 Å². The van der Waals surface area contributed by atoms with Crippen LogP contribution in [0.1, 0.15) is 21.6 Å². The number of carbonyl (C=O) groups is 1. The van der Waals surface area contributed by atoms with E-state index in [1.165, 1.54) is 18.3 Å². The van der Waals surface area contributed by atoms with E-state index in [9.17, 15) is 20.0 Å². The number of nitro benzene ring substituents is 1. The minimum Gasteiger partial charge on any atom is -0.506 e. The minimum atomic E-state index is -0.617. The third-order valence-corrected chi connectivity index (χ3v) is 3.51. The normalized spacial score (nSPS) is 10.8. The minimum absolute atomic E-state index is 0.0603. The lowest BCUT2D eigenvalue weighted by Gasteiger charge is -2.03. The fraction of sp³-hybridized carbons (Fsp3) is 0.0714. The molecule has 0 saturated carbocycles. The zero-order valence-electron chi connectivity index (χ0n) is 12.0. The molecule has 3 N–H and O–H groups in total. The van der Waals surface area contributed by atoms with E-state index in [0.29, 0.717) is 5.69 Å². The number of hydrogen-bond acceptors (Lipinski definition) is 7. The summed E-state index contributed by atoms with van der Waals surface area (Å²) in [5.74, 6) is -0.806. The highest BCUT2D eigenvalue weighted by atomic mass is 79.9. The van der Waals surface area contributed by atoms with Crippen molar-refractivity contribution in [3.8, 4) is 5.75 Å². The third-order valence-electron chi connectivity index (χ3n) is 2.91. The number of hydrazone groups is 1. The standard InChI is InChI=1S/C14H11BrN4O5/c15-12-4-11(19(23)24)3-9(13(12)21)6-17-18-14(22)8-1-2-10(7-20)16-5-8/h1-6,20-21H,7H2,(H,18,22). The molecule has 0 radical (unpaired) electrons. The van der Waals surface area contributed by atoms with Gasteiger partial charge in [-0.25, -0.2) is 5.43 Å². The molecule has 1 aromatic heterocycles. The molecular formula is C14H11BrN4O5. The zero-order chi connectivity index (χ0) is 17.7. The van der Waals surface area contributed by atoms with Gasteiger partial charge in [-0.3, -0.25) is 19.9 Å². The first-order chi connectivity index (χ1) is 11.4. The van der Waals surface area contributed by atoms with Crippen molar-refractivity contribution in [2.75, 3.05) is 0 Å². The molecule has 0 fully saturated rings. The van der Waals surface area contributed by atoms with Gasteiger partial charge in [0.1, 0.15) is 5.75 Å². The van der Waals surface area contributed by atoms with E-state index in [4.69, 9.17) is 5.11 Å². The summed E-state index contributed by atoms with van der Waals surface area (Å²) in [5, 5.41) is 33.2. The summed E-state index contributed by atoms with van der Waals surface area (Å²) in [7, 11) is 0. The number of rotatable bonds is 5. The molecule has 0 atom stereocenters. The van der Waals surface area contributed by atoms with E-state index in [1.807, 2.05) is 0 Å². The Bertz CT molecular complexity index is 808. The average Bonchev–Trinajstić information content (AvgIpc) is 2.58. The second kappa shape index (κ2) is 7.62. The maximum Gasteiger partial charge on any atom is 0.272 e. The number of hydrogen-bond donors (Lipinski definition) is 3. The van der Waals surface area contributed by atoms with Gasteiger partial charge in [-0.1, -0.05) is 0 Å². The number of benzene rings is 1. The highest BCUT2D eigenvalue weighted by molar-refractivity contribution is 9.10. The molecule has 1 aromatic carbocycles. The van der Waals surface area contributed by atoms with Gasteiger partial charge in [0, 0.05) is 23.9 Å². The Morgan fingerprint density at radius 2 is 2.21 bits per heavy atom. The van der Waals surface area contributed by atoms with Gasteiger partial charge in [-0.05, 0) is 28.1 Å². The highest BCUT2D eigenvalue weighted by Gasteiger charge is 2.13. The zero-order valence-corrected chi connectivity index (χ0v) is 13.6. The molecule has 0 spiro atoms. The lowest BCUT2D eigenvalue weighted by atomic mass is 10.2. The van der Waals surface area contributed by atoms with Crippen LogP contribution in [0.3, 0.4) is 0 Å². The summed E-state index contributed by atoms with van der Waals surface area (Å²) < 4.78 is 0.133. The average molecular weight is 395 g/mol. The Kier molecular flexibility index (Phi) is 5.55. The van der Waals surface area contributed by atoms with Crippen LogP contribution in [0.4, 0.5) is 5.69 Å². The third kappa shape index (κ3) is 4.12. The Morgan fingerprint density at radius 1 is 1.46 bits per heavy atom. The van der Waals surface area contributed by atoms with Gasteiger partial charge >= 0.3 is 0 Å². The van der Waals surface area contributed by atoms with Gasteiger partial charge in [-0.15, -0.1) is 0 Å². The predicted molar refractivity (Wildman–Crippen MR) is 87.7 cm³/mol. The van der Waals surface area contributed by atoms with Gasteiger partial charge in [0.25, 0.3) is 11.6 Å². The van der Waals surface area contributed by atoms with Crippen molar-refractivity contribution in [1.29, 1.82) is 0 Å². The molecule has 2 aromatic rings. The smallest absolute Gasteiger partial charge is 0.272 e. The Balaban J connectivity index is 2.13. The maximum atomic E-state index is 11.9. The van der Waals surface area contributed by atoms with Crippen LogP contribution in [0.25, 0.3) is 0 Å². The van der Waals surface area contributed by atoms with Gasteiger partial charge < -0.3 is 10.2 Å². The largest absolute Gasteiger partial charge is 0.506 e. The molecule has 0 bridgehead atoms. The lowest BCUT2D eigenvalue weighted by Crippen LogP contribution is -2.18. The summed E-state index contributed by atoms with van der Waals surface area (Å²) in [6, 6.07) is 5.22. The Morgan fingerprint density at radius 3 is 2.79 bits per heavy atom. The van der Waals surface area contributed by atoms with Crippen molar-refractivity contribution < 1.29 is 19.9 Å². The van der Waals surface area contributed by atoms with Crippen molar-refractivity contribution in [3.05, 3.63) is 61.9 Å². The molecule has 1 heterocycles. The van der Waals surface area contributed by atoms with E-state index in [0.717, 1.165) is 18.3 Å². The number of aromatic hydroxyl groups is 1. The second-order valence-corrected chi connectivity index (χ2v) is 5.37. The van der Waals surface area contributed by atoms with E-state index in [-0.39, 0.29) is 33.6 Å². The number of pyridine rings is 1. The molecule has 2 rings (SSSR count). The van der Waals surface area contributed by atoms with Crippen molar-refractivity contribution >= 4 is 33.7 Å². The highest BCUT2D eigenvalue weighted by Crippen LogP contribution is 2.31. The fourth-order valence-corrected chi connectivity index (χ4v) is 2.15. The molecule has 0 unspecified atom stereocenters. The van der Waals surface area contributed by atoms with Crippen LogP contribution in [0.5, 0.6) is 5.75 Å². The monoisotopic (exact) mass is 394 g/mol. The number of aromatic nitrogens is 1. The molecule has 0 aliphatic heterocycles. The lowest BCUT2D eigenvalue weighted by molar-refractivity contribution is -0.385. The van der Waals surface area contributed by atoms with Crippen molar-refractivity contribution in [2.24, 2.45) is 5.10 Å². The first kappa shape index (κ1) is 17.5. The van der Waals surface area contributed by atoms with Gasteiger partial charge in [-0.2, -0.15) is 5.10 Å². The van der Waals surface area contributed by atoms with Crippen LogP contribution in [0.15, 0.2) is 40.0 Å². The summed E-state index contributed by atoms with van der Waals surface area (Å²) >= 11 is 3.00. The van der Waals surface area contributed by atoms with Crippen molar-refractivity contribution in [2.45, 2.75) is 6.61 Å². The number of aliphatic hydroxyl groups excluding tert-OH is 1. The number of phenolic OH excluding ortho intramolecular Hbond substituents is 1. The van der Waals surface area contributed by atoms with Crippen LogP contribution in [-0.2, 0) is 6.61 Å². The fourth-order valence-electron chi connectivity index (χ4n) is 1.69. The topological polar surface area (TPSA) is 138 Å². The first-order valence-corrected chi connectivity index (χ1v) is 7.27. The molecule has 0 aliphatic rings. The van der Waals surface area contributed by atoms with Gasteiger partial charge in [0.2, 0.25) is 0 Å². The number of amides is 1. The molecule has 1 amide bonds. The summed E-state index contributed by atoms with van der Waals surface area (Å²) in [6.45, 7) is -0.235. The maximum absolute atomic E-state index is 11.9. The Hall–Kier alpha value is -2.85. The number of aliphatic hydroxyl groups is 1. The molecule has 9 nitrogen and oxygen atoms in total. The summed E-state index contributed by atoms with van der Waals surface area (Å²) in [4.78, 5) is 25.9. The number of nitro groups is 1. The van der Waals surface area contributed by atoms with Crippen molar-refractivity contribution in [1.82, 2.24) is 10.4 Å². The Labute approximate surface area is 143 Å². The number of phenols is 1. The van der Waals surface area contributed by atoms with Gasteiger partial charge in [0.05, 0.1) is 33.5 Å². The molecule has 10 heteroatoms. The van der Waals surface area contributed by atoms with Crippen LogP contribution >= 0.6 is 15.9 Å². The van der Waals surface area contributed by atoms with Crippen LogP contribution in [0, 0.1) is 10.1 Å². The first-order valence-electron chi connectivity index (χ1n) is 6.48. The van der Waals surface area contributed by atoms with Crippen molar-refractivity contribution in [3.63, 3.8) is 0 Å². The number of nitrogens with one attached hydrogen (secondary N) is 1. The summed E-state index contributed by atoms with van der Waals surface area (Å²) in [5.41, 5.74) is 2.67. The second-order valence-electron chi connectivity index (χ2n) is 4.52. The van der Waals surface area contributed by atoms with Crippen LogP contribution in [-0.4, -0.2) is 32.2 Å². The van der Waals surface area contributed by atoms with E-state index < -0.39 is 10.8 Å². The van der Waals surface area contributed by atoms with Gasteiger partial charge in [0.15, 0.2) is 0 Å². The number of nitrogens with zero attached hydrogens (tertiary/aromatic N) is 3. The summed E-state index contributed by atoms with van der Waals surface area (Å²) in [6.07, 6.45) is 2.36. The molecular weight excluding hydrogens is 384 g/mol. The molecule has 124 valence electrons. The van der Waals surface area contributed by atoms with E-state index in [1.54, 1.807) is 0 Å². The molecule has 0 aliphatic carbocycles. The number of halogens is 1. The molecule has 0 saturated heterocycles. The molecule has 24 heavy (non-hydrogen) atoms. The van der Waals surface area contributed by atoms with Crippen LogP contribution in [0.2, 0.25) is 0 Å². The number of carbonyl (C=O) groups excluding carboxylic acids is 1.